The fourth-order valence-electron chi connectivity index (χ4n) is 2.93. The summed E-state index contributed by atoms with van der Waals surface area (Å²) in [5, 5.41) is 1.37. The maximum Gasteiger partial charge on any atom is 0.119 e. The number of hydrogen-bond acceptors (Lipinski definition) is 1. The molecule has 0 spiro atoms. The standard InChI is InChI=1S/C17H25NO/c1-5-7-8-9-15-13(3)18(6-2)17-11-10-14(19-4)12-16(15)17/h10-12H,5-9H2,1-4H3. The minimum Gasteiger partial charge on any atom is -0.497 e. The Bertz CT molecular complexity index is 554. The van der Waals surface area contributed by atoms with Crippen LogP contribution in [-0.2, 0) is 13.0 Å². The maximum atomic E-state index is 5.38. The Hall–Kier alpha value is -1.44. The predicted octanol–water partition coefficient (Wildman–Crippen LogP) is 4.71. The fraction of sp³-hybridized carbons (Fsp3) is 0.529. The van der Waals surface area contributed by atoms with Gasteiger partial charge in [-0.1, -0.05) is 19.8 Å². The molecule has 2 nitrogen and oxygen atoms in total. The topological polar surface area (TPSA) is 14.2 Å². The lowest BCUT2D eigenvalue weighted by molar-refractivity contribution is 0.415. The molecule has 0 saturated carbocycles. The first-order valence-electron chi connectivity index (χ1n) is 7.38. The highest BCUT2D eigenvalue weighted by Crippen LogP contribution is 2.30. The molecule has 0 atom stereocenters. The van der Waals surface area contributed by atoms with Crippen molar-refractivity contribution in [3.05, 3.63) is 29.5 Å². The highest BCUT2D eigenvalue weighted by molar-refractivity contribution is 5.87. The molecular formula is C17H25NO. The van der Waals surface area contributed by atoms with Crippen molar-refractivity contribution in [2.75, 3.05) is 7.11 Å². The van der Waals surface area contributed by atoms with Crippen molar-refractivity contribution in [1.29, 1.82) is 0 Å². The van der Waals surface area contributed by atoms with Crippen molar-refractivity contribution >= 4 is 10.9 Å². The van der Waals surface area contributed by atoms with Crippen LogP contribution in [0.25, 0.3) is 10.9 Å². The summed E-state index contributed by atoms with van der Waals surface area (Å²) in [4.78, 5) is 0. The summed E-state index contributed by atoms with van der Waals surface area (Å²) in [6.07, 6.45) is 5.03. The van der Waals surface area contributed by atoms with Gasteiger partial charge >= 0.3 is 0 Å². The van der Waals surface area contributed by atoms with Gasteiger partial charge in [0.05, 0.1) is 7.11 Å². The lowest BCUT2D eigenvalue weighted by Crippen LogP contribution is -1.97. The molecule has 0 aliphatic carbocycles. The van der Waals surface area contributed by atoms with E-state index in [-0.39, 0.29) is 0 Å². The van der Waals surface area contributed by atoms with Crippen LogP contribution in [0.15, 0.2) is 18.2 Å². The van der Waals surface area contributed by atoms with Crippen molar-refractivity contribution in [2.24, 2.45) is 0 Å². The summed E-state index contributed by atoms with van der Waals surface area (Å²) < 4.78 is 7.79. The monoisotopic (exact) mass is 259 g/mol. The summed E-state index contributed by atoms with van der Waals surface area (Å²) in [6, 6.07) is 6.44. The van der Waals surface area contributed by atoms with E-state index in [1.165, 1.54) is 47.8 Å². The zero-order valence-electron chi connectivity index (χ0n) is 12.6. The molecule has 0 N–H and O–H groups in total. The first kappa shape index (κ1) is 14.0. The van der Waals surface area contributed by atoms with Crippen molar-refractivity contribution in [3.63, 3.8) is 0 Å². The third-order valence-electron chi connectivity index (χ3n) is 4.01. The molecule has 0 amide bonds. The number of unbranched alkanes of at least 4 members (excludes halogenated alkanes) is 2. The molecule has 1 heterocycles. The van der Waals surface area contributed by atoms with Gasteiger partial charge in [0.1, 0.15) is 5.75 Å². The molecule has 2 heteroatoms. The number of nitrogens with zero attached hydrogens (tertiary/aromatic N) is 1. The average Bonchev–Trinajstić information content (AvgIpc) is 2.70. The van der Waals surface area contributed by atoms with E-state index in [1.54, 1.807) is 7.11 Å². The molecule has 0 saturated heterocycles. The molecule has 0 unspecified atom stereocenters. The Kier molecular flexibility index (Phi) is 4.52. The van der Waals surface area contributed by atoms with E-state index in [9.17, 15) is 0 Å². The molecule has 0 bridgehead atoms. The molecule has 19 heavy (non-hydrogen) atoms. The van der Waals surface area contributed by atoms with Crippen LogP contribution in [0.3, 0.4) is 0 Å². The van der Waals surface area contributed by atoms with E-state index in [2.05, 4.69) is 43.5 Å². The van der Waals surface area contributed by atoms with Crippen LogP contribution >= 0.6 is 0 Å². The second-order valence-electron chi connectivity index (χ2n) is 5.15. The van der Waals surface area contributed by atoms with E-state index in [0.29, 0.717) is 0 Å². The molecule has 2 aromatic rings. The molecule has 0 radical (unpaired) electrons. The van der Waals surface area contributed by atoms with E-state index in [1.807, 2.05) is 0 Å². The zero-order chi connectivity index (χ0) is 13.8. The molecule has 1 aromatic heterocycles. The van der Waals surface area contributed by atoms with Crippen LogP contribution in [0.4, 0.5) is 0 Å². The lowest BCUT2D eigenvalue weighted by Gasteiger charge is -2.04. The van der Waals surface area contributed by atoms with Gasteiger partial charge in [-0.3, -0.25) is 0 Å². The minimum absolute atomic E-state index is 0.956. The van der Waals surface area contributed by atoms with Gasteiger partial charge in [0.2, 0.25) is 0 Å². The van der Waals surface area contributed by atoms with Crippen molar-refractivity contribution < 1.29 is 4.74 Å². The predicted molar refractivity (Wildman–Crippen MR) is 82.1 cm³/mol. The summed E-state index contributed by atoms with van der Waals surface area (Å²) in [7, 11) is 1.74. The van der Waals surface area contributed by atoms with Gasteiger partial charge in [-0.15, -0.1) is 0 Å². The average molecular weight is 259 g/mol. The number of ether oxygens (including phenoxy) is 1. The SMILES string of the molecule is CCCCCc1c(C)n(CC)c2ccc(OC)cc12. The molecular weight excluding hydrogens is 234 g/mol. The Morgan fingerprint density at radius 1 is 1.16 bits per heavy atom. The Morgan fingerprint density at radius 2 is 1.95 bits per heavy atom. The van der Waals surface area contributed by atoms with Crippen LogP contribution < -0.4 is 4.74 Å². The van der Waals surface area contributed by atoms with Gasteiger partial charge in [-0.05, 0) is 50.5 Å². The van der Waals surface area contributed by atoms with E-state index in [4.69, 9.17) is 4.74 Å². The first-order chi connectivity index (χ1) is 9.22. The minimum atomic E-state index is 0.956. The first-order valence-corrected chi connectivity index (χ1v) is 7.38. The summed E-state index contributed by atoms with van der Waals surface area (Å²) >= 11 is 0. The third-order valence-corrected chi connectivity index (χ3v) is 4.01. The Labute approximate surface area is 116 Å². The third kappa shape index (κ3) is 2.63. The number of aryl methyl sites for hydroxylation is 2. The van der Waals surface area contributed by atoms with Gasteiger partial charge in [-0.2, -0.15) is 0 Å². The molecule has 0 aliphatic heterocycles. The lowest BCUT2D eigenvalue weighted by atomic mass is 10.0. The molecule has 104 valence electrons. The number of aromatic nitrogens is 1. The van der Waals surface area contributed by atoms with Crippen LogP contribution in [0.1, 0.15) is 44.4 Å². The van der Waals surface area contributed by atoms with Gasteiger partial charge in [0.15, 0.2) is 0 Å². The van der Waals surface area contributed by atoms with Crippen LogP contribution in [0.2, 0.25) is 0 Å². The largest absolute Gasteiger partial charge is 0.497 e. The number of hydrogen-bond donors (Lipinski definition) is 0. The number of methoxy groups -OCH3 is 1. The molecule has 1 aromatic carbocycles. The maximum absolute atomic E-state index is 5.38. The smallest absolute Gasteiger partial charge is 0.119 e. The zero-order valence-corrected chi connectivity index (χ0v) is 12.6. The van der Waals surface area contributed by atoms with Gasteiger partial charge in [-0.25, -0.2) is 0 Å². The van der Waals surface area contributed by atoms with E-state index < -0.39 is 0 Å². The highest BCUT2D eigenvalue weighted by Gasteiger charge is 2.13. The second-order valence-corrected chi connectivity index (χ2v) is 5.15. The second kappa shape index (κ2) is 6.14. The van der Waals surface area contributed by atoms with Crippen LogP contribution in [0.5, 0.6) is 5.75 Å². The van der Waals surface area contributed by atoms with Crippen LogP contribution in [-0.4, -0.2) is 11.7 Å². The normalized spacial score (nSPS) is 11.2. The van der Waals surface area contributed by atoms with E-state index in [0.717, 1.165) is 12.3 Å². The quantitative estimate of drug-likeness (QED) is 0.685. The Balaban J connectivity index is 2.49. The van der Waals surface area contributed by atoms with Crippen molar-refractivity contribution in [3.8, 4) is 5.75 Å². The molecule has 0 fully saturated rings. The number of benzene rings is 1. The van der Waals surface area contributed by atoms with Gasteiger partial charge in [0, 0.05) is 23.1 Å². The number of fused-ring (bicyclic) bond motifs is 1. The molecule has 0 aliphatic rings. The van der Waals surface area contributed by atoms with Crippen molar-refractivity contribution in [2.45, 2.75) is 53.0 Å². The summed E-state index contributed by atoms with van der Waals surface area (Å²) in [5.74, 6) is 0.956. The number of rotatable bonds is 6. The molecule has 2 rings (SSSR count). The van der Waals surface area contributed by atoms with E-state index >= 15 is 0 Å². The van der Waals surface area contributed by atoms with Gasteiger partial charge < -0.3 is 9.30 Å². The summed E-state index contributed by atoms with van der Waals surface area (Å²) in [6.45, 7) is 7.75. The van der Waals surface area contributed by atoms with Crippen LogP contribution in [0, 0.1) is 6.92 Å². The highest BCUT2D eigenvalue weighted by atomic mass is 16.5. The fourth-order valence-corrected chi connectivity index (χ4v) is 2.93. The van der Waals surface area contributed by atoms with Crippen molar-refractivity contribution in [1.82, 2.24) is 4.57 Å². The Morgan fingerprint density at radius 3 is 2.58 bits per heavy atom. The van der Waals surface area contributed by atoms with Gasteiger partial charge in [0.25, 0.3) is 0 Å². The summed E-state index contributed by atoms with van der Waals surface area (Å²) in [5.41, 5.74) is 4.26.